The number of hydrazone groups is 1. The summed E-state index contributed by atoms with van der Waals surface area (Å²) in [5, 5.41) is 3.93. The van der Waals surface area contributed by atoms with Crippen molar-refractivity contribution in [2.24, 2.45) is 10.9 Å². The third kappa shape index (κ3) is 7.16. The number of hydrogen-bond acceptors (Lipinski definition) is 3. The predicted octanol–water partition coefficient (Wildman–Crippen LogP) is 3.95. The molecule has 0 aromatic heterocycles. The first-order valence-electron chi connectivity index (χ1n) is 7.37. The molecule has 0 aliphatic heterocycles. The molecule has 0 fully saturated rings. The van der Waals surface area contributed by atoms with Crippen LogP contribution in [0.3, 0.4) is 0 Å². The van der Waals surface area contributed by atoms with Crippen LogP contribution in [0, 0.1) is 0 Å². The highest BCUT2D eigenvalue weighted by molar-refractivity contribution is 5.84. The number of ether oxygens (including phenoxy) is 1. The lowest BCUT2D eigenvalue weighted by atomic mass is 10.0. The molecule has 3 heteroatoms. The highest BCUT2D eigenvalue weighted by atomic mass is 16.5. The first kappa shape index (κ1) is 16.0. The molecular weight excluding hydrogens is 236 g/mol. The fourth-order valence-electron chi connectivity index (χ4n) is 2.32. The second kappa shape index (κ2) is 9.79. The van der Waals surface area contributed by atoms with E-state index in [1.54, 1.807) is 7.11 Å². The van der Waals surface area contributed by atoms with Crippen LogP contribution in [0.25, 0.3) is 0 Å². The van der Waals surface area contributed by atoms with E-state index in [1.165, 1.54) is 18.4 Å². The van der Waals surface area contributed by atoms with Gasteiger partial charge in [0.15, 0.2) is 0 Å². The van der Waals surface area contributed by atoms with Gasteiger partial charge in [-0.2, -0.15) is 5.10 Å². The van der Waals surface area contributed by atoms with Gasteiger partial charge in [0.1, 0.15) is 0 Å². The minimum atomic E-state index is 0.258. The van der Waals surface area contributed by atoms with Gasteiger partial charge in [-0.25, -0.2) is 0 Å². The average molecular weight is 264 g/mol. The number of hydrogen-bond donors (Lipinski definition) is 1. The zero-order valence-corrected chi connectivity index (χ0v) is 12.4. The Kier molecular flexibility index (Phi) is 8.23. The van der Waals surface area contributed by atoms with E-state index >= 15 is 0 Å². The predicted molar refractivity (Wildman–Crippen MR) is 82.3 cm³/mol. The van der Waals surface area contributed by atoms with Crippen molar-refractivity contribution >= 4 is 5.71 Å². The molecule has 1 unspecified atom stereocenters. The molecule has 0 aromatic rings. The molecule has 2 N–H and O–H groups in total. The third-order valence-corrected chi connectivity index (χ3v) is 3.67. The quantitative estimate of drug-likeness (QED) is 0.443. The number of nitrogens with zero attached hydrogens (tertiary/aromatic N) is 1. The van der Waals surface area contributed by atoms with Gasteiger partial charge in [0, 0.05) is 12.8 Å². The van der Waals surface area contributed by atoms with Crippen LogP contribution in [0.5, 0.6) is 0 Å². The van der Waals surface area contributed by atoms with E-state index in [0.29, 0.717) is 0 Å². The van der Waals surface area contributed by atoms with Gasteiger partial charge in [-0.05, 0) is 58.3 Å². The number of methoxy groups -OCH3 is 1. The number of allylic oxidation sites excluding steroid dienone is 3. The summed E-state index contributed by atoms with van der Waals surface area (Å²) in [4.78, 5) is 0. The summed E-state index contributed by atoms with van der Waals surface area (Å²) in [7, 11) is 1.79. The molecule has 108 valence electrons. The van der Waals surface area contributed by atoms with Gasteiger partial charge in [0.2, 0.25) is 0 Å². The van der Waals surface area contributed by atoms with Gasteiger partial charge in [0.25, 0.3) is 0 Å². The molecule has 1 aliphatic rings. The lowest BCUT2D eigenvalue weighted by Crippen LogP contribution is -2.06. The van der Waals surface area contributed by atoms with E-state index in [1.807, 2.05) is 0 Å². The molecule has 0 aromatic carbocycles. The highest BCUT2D eigenvalue weighted by Gasteiger charge is 2.04. The Morgan fingerprint density at radius 2 is 2.05 bits per heavy atom. The van der Waals surface area contributed by atoms with Crippen molar-refractivity contribution in [2.75, 3.05) is 7.11 Å². The topological polar surface area (TPSA) is 47.6 Å². The van der Waals surface area contributed by atoms with Crippen molar-refractivity contribution < 1.29 is 4.74 Å². The van der Waals surface area contributed by atoms with Crippen molar-refractivity contribution in [2.45, 2.75) is 64.4 Å². The maximum atomic E-state index is 5.47. The van der Waals surface area contributed by atoms with Crippen LogP contribution in [0.15, 0.2) is 28.9 Å². The normalized spacial score (nSPS) is 30.3. The van der Waals surface area contributed by atoms with Crippen LogP contribution < -0.4 is 5.84 Å². The van der Waals surface area contributed by atoms with E-state index in [-0.39, 0.29) is 6.10 Å². The van der Waals surface area contributed by atoms with Crippen LogP contribution in [-0.4, -0.2) is 18.9 Å². The lowest BCUT2D eigenvalue weighted by molar-refractivity contribution is 0.134. The zero-order valence-electron chi connectivity index (χ0n) is 12.4. The minimum Gasteiger partial charge on any atom is -0.377 e. The molecule has 1 atom stereocenters. The SMILES string of the molecule is COC1/C=C/CCCC/C(=N/N)CC/C(C)=C\CC1. The summed E-state index contributed by atoms with van der Waals surface area (Å²) < 4.78 is 5.47. The summed E-state index contributed by atoms with van der Waals surface area (Å²) in [6, 6.07) is 0. The summed E-state index contributed by atoms with van der Waals surface area (Å²) in [6.07, 6.45) is 15.7. The Bertz CT molecular complexity index is 332. The molecule has 19 heavy (non-hydrogen) atoms. The molecular formula is C16H28N2O. The van der Waals surface area contributed by atoms with Crippen molar-refractivity contribution in [3.63, 3.8) is 0 Å². The van der Waals surface area contributed by atoms with Gasteiger partial charge in [-0.1, -0.05) is 23.8 Å². The highest BCUT2D eigenvalue weighted by Crippen LogP contribution is 2.14. The van der Waals surface area contributed by atoms with Crippen LogP contribution in [-0.2, 0) is 4.74 Å². The monoisotopic (exact) mass is 264 g/mol. The zero-order chi connectivity index (χ0) is 13.9. The third-order valence-electron chi connectivity index (χ3n) is 3.67. The standard InChI is InChI=1S/C16H28N2O/c1-14-8-7-11-16(19-2)10-6-4-3-5-9-15(18-17)13-12-14/h6,8,10,16H,3-5,7,9,11-13,17H2,1-2H3/b10-6+,14-8-,18-15-. The maximum Gasteiger partial charge on any atom is 0.0755 e. The molecule has 3 nitrogen and oxygen atoms in total. The van der Waals surface area contributed by atoms with E-state index in [4.69, 9.17) is 10.6 Å². The van der Waals surface area contributed by atoms with Crippen molar-refractivity contribution in [3.05, 3.63) is 23.8 Å². The summed E-state index contributed by atoms with van der Waals surface area (Å²) in [5.41, 5.74) is 2.58. The first-order chi connectivity index (χ1) is 9.26. The van der Waals surface area contributed by atoms with Gasteiger partial charge in [-0.15, -0.1) is 0 Å². The van der Waals surface area contributed by atoms with E-state index < -0.39 is 0 Å². The molecule has 1 aliphatic carbocycles. The average Bonchev–Trinajstić information content (AvgIpc) is 2.43. The molecule has 0 saturated carbocycles. The number of nitrogens with two attached hydrogens (primary N) is 1. The molecule has 0 amide bonds. The van der Waals surface area contributed by atoms with Crippen LogP contribution in [0.2, 0.25) is 0 Å². The number of rotatable bonds is 1. The maximum absolute atomic E-state index is 5.47. The Morgan fingerprint density at radius 3 is 2.79 bits per heavy atom. The van der Waals surface area contributed by atoms with Crippen LogP contribution in [0.1, 0.15) is 58.3 Å². The first-order valence-corrected chi connectivity index (χ1v) is 7.37. The summed E-state index contributed by atoms with van der Waals surface area (Å²) in [5.74, 6) is 5.46. The Hall–Kier alpha value is -1.09. The van der Waals surface area contributed by atoms with E-state index in [9.17, 15) is 0 Å². The van der Waals surface area contributed by atoms with Crippen LogP contribution in [0.4, 0.5) is 0 Å². The molecule has 0 bridgehead atoms. The molecule has 0 heterocycles. The second-order valence-electron chi connectivity index (χ2n) is 5.27. The lowest BCUT2D eigenvalue weighted by Gasteiger charge is -2.11. The molecule has 0 saturated heterocycles. The van der Waals surface area contributed by atoms with Gasteiger partial charge < -0.3 is 10.6 Å². The van der Waals surface area contributed by atoms with Gasteiger partial charge in [-0.3, -0.25) is 0 Å². The van der Waals surface area contributed by atoms with Gasteiger partial charge in [0.05, 0.1) is 6.10 Å². The van der Waals surface area contributed by atoms with Gasteiger partial charge >= 0.3 is 0 Å². The summed E-state index contributed by atoms with van der Waals surface area (Å²) in [6.45, 7) is 2.19. The molecule has 0 radical (unpaired) electrons. The summed E-state index contributed by atoms with van der Waals surface area (Å²) >= 11 is 0. The Morgan fingerprint density at radius 1 is 1.21 bits per heavy atom. The fourth-order valence-corrected chi connectivity index (χ4v) is 2.32. The van der Waals surface area contributed by atoms with E-state index in [2.05, 4.69) is 30.3 Å². The Balaban J connectivity index is 2.58. The largest absolute Gasteiger partial charge is 0.377 e. The Labute approximate surface area is 117 Å². The smallest absolute Gasteiger partial charge is 0.0755 e. The van der Waals surface area contributed by atoms with Crippen molar-refractivity contribution in [1.29, 1.82) is 0 Å². The second-order valence-corrected chi connectivity index (χ2v) is 5.27. The van der Waals surface area contributed by atoms with Crippen LogP contribution >= 0.6 is 0 Å². The van der Waals surface area contributed by atoms with Crippen molar-refractivity contribution in [3.8, 4) is 0 Å². The molecule has 1 rings (SSSR count). The molecule has 0 spiro atoms. The minimum absolute atomic E-state index is 0.258. The fraction of sp³-hybridized carbons (Fsp3) is 0.688. The van der Waals surface area contributed by atoms with E-state index in [0.717, 1.165) is 44.2 Å². The van der Waals surface area contributed by atoms with Crippen molar-refractivity contribution in [1.82, 2.24) is 0 Å².